The maximum absolute atomic E-state index is 14.5. The van der Waals surface area contributed by atoms with Gasteiger partial charge in [0.15, 0.2) is 0 Å². The van der Waals surface area contributed by atoms with E-state index in [9.17, 15) is 19.5 Å². The molecule has 3 amide bonds. The van der Waals surface area contributed by atoms with Crippen LogP contribution in [0.2, 0.25) is 0 Å². The minimum atomic E-state index is -1.20. The number of carbonyl (C=O) groups excluding carboxylic acids is 3. The minimum Gasteiger partial charge on any atom is -0.494 e. The molecule has 0 aromatic heterocycles. The number of likely N-dealkylation sites (tertiary alicyclic amines) is 1. The third kappa shape index (κ3) is 4.73. The van der Waals surface area contributed by atoms with E-state index in [1.807, 2.05) is 70.2 Å². The average molecular weight is 600 g/mol. The Morgan fingerprint density at radius 1 is 0.977 bits per heavy atom. The van der Waals surface area contributed by atoms with Crippen molar-refractivity contribution in [1.29, 1.82) is 0 Å². The van der Waals surface area contributed by atoms with Crippen molar-refractivity contribution >= 4 is 39.9 Å². The fraction of sp³-hybridized carbons (Fsp3) is 0.457. The third-order valence-electron chi connectivity index (χ3n) is 9.91. The van der Waals surface area contributed by atoms with Crippen molar-refractivity contribution in [3.8, 4) is 5.75 Å². The highest BCUT2D eigenvalue weighted by molar-refractivity contribution is 6.06. The number of aliphatic hydroxyl groups excluding tert-OH is 1. The second kappa shape index (κ2) is 11.5. The highest BCUT2D eigenvalue weighted by Crippen LogP contribution is 2.64. The molecule has 6 rings (SSSR count). The van der Waals surface area contributed by atoms with Crippen LogP contribution in [0.1, 0.15) is 47.0 Å². The third-order valence-corrected chi connectivity index (χ3v) is 9.91. The Morgan fingerprint density at radius 2 is 1.66 bits per heavy atom. The molecule has 0 aliphatic carbocycles. The van der Waals surface area contributed by atoms with Crippen LogP contribution in [0, 0.1) is 17.8 Å². The number of rotatable bonds is 10. The predicted molar refractivity (Wildman–Crippen MR) is 168 cm³/mol. The van der Waals surface area contributed by atoms with Crippen molar-refractivity contribution in [3.63, 3.8) is 0 Å². The number of anilines is 2. The Morgan fingerprint density at radius 3 is 2.32 bits per heavy atom. The second-order valence-electron chi connectivity index (χ2n) is 12.6. The average Bonchev–Trinajstić information content (AvgIpc) is 3.62. The van der Waals surface area contributed by atoms with Gasteiger partial charge in [-0.2, -0.15) is 0 Å². The van der Waals surface area contributed by atoms with Gasteiger partial charge in [-0.15, -0.1) is 0 Å². The molecule has 6 atom stereocenters. The monoisotopic (exact) mass is 599 g/mol. The lowest BCUT2D eigenvalue weighted by atomic mass is 9.65. The minimum absolute atomic E-state index is 0.136. The summed E-state index contributed by atoms with van der Waals surface area (Å²) in [5.41, 5.74) is -0.883. The van der Waals surface area contributed by atoms with Crippen molar-refractivity contribution in [2.24, 2.45) is 17.8 Å². The smallest absolute Gasteiger partial charge is 0.250 e. The zero-order valence-corrected chi connectivity index (χ0v) is 25.7. The van der Waals surface area contributed by atoms with Crippen LogP contribution in [0.5, 0.6) is 5.75 Å². The molecular weight excluding hydrogens is 558 g/mol. The van der Waals surface area contributed by atoms with Crippen LogP contribution < -0.4 is 15.4 Å². The van der Waals surface area contributed by atoms with Gasteiger partial charge in [0.2, 0.25) is 17.7 Å². The lowest BCUT2D eigenvalue weighted by Gasteiger charge is -2.38. The van der Waals surface area contributed by atoms with E-state index in [-0.39, 0.29) is 30.2 Å². The molecule has 3 aromatic carbocycles. The number of carbonyl (C=O) groups is 3. The van der Waals surface area contributed by atoms with Gasteiger partial charge >= 0.3 is 0 Å². The summed E-state index contributed by atoms with van der Waals surface area (Å²) < 4.78 is 12.4. The number of benzene rings is 3. The summed E-state index contributed by atoms with van der Waals surface area (Å²) >= 11 is 0. The summed E-state index contributed by atoms with van der Waals surface area (Å²) in [5, 5.41) is 18.6. The first-order chi connectivity index (χ1) is 21.2. The van der Waals surface area contributed by atoms with E-state index in [1.54, 1.807) is 24.3 Å². The molecule has 9 heteroatoms. The summed E-state index contributed by atoms with van der Waals surface area (Å²) in [6.07, 6.45) is 1.53. The number of fused-ring (bicyclic) bond motifs is 2. The SMILES string of the molecule is CCOc1ccc(NC(=O)[C@H]2[C@H]3C(=O)N([C@@H](CO)C(C)C)C(C(=O)Nc4ccc5ccccc5c4)C34CC[C@]2(CC)O4)cc1. The molecule has 3 aliphatic heterocycles. The quantitative estimate of drug-likeness (QED) is 0.303. The van der Waals surface area contributed by atoms with Crippen LogP contribution >= 0.6 is 0 Å². The number of amides is 3. The normalized spacial score (nSPS) is 27.9. The van der Waals surface area contributed by atoms with Crippen LogP contribution in [-0.2, 0) is 19.1 Å². The number of hydrogen-bond donors (Lipinski definition) is 3. The van der Waals surface area contributed by atoms with Crippen LogP contribution in [0.3, 0.4) is 0 Å². The molecule has 0 saturated carbocycles. The maximum atomic E-state index is 14.5. The molecule has 3 aliphatic rings. The largest absolute Gasteiger partial charge is 0.494 e. The van der Waals surface area contributed by atoms with E-state index in [0.717, 1.165) is 10.8 Å². The lowest BCUT2D eigenvalue weighted by molar-refractivity contribution is -0.149. The van der Waals surface area contributed by atoms with Crippen LogP contribution in [0.15, 0.2) is 66.7 Å². The van der Waals surface area contributed by atoms with Crippen molar-refractivity contribution in [2.45, 2.75) is 70.2 Å². The fourth-order valence-electron chi connectivity index (χ4n) is 7.83. The molecule has 2 unspecified atom stereocenters. The van der Waals surface area contributed by atoms with Gasteiger partial charge in [0.05, 0.1) is 36.7 Å². The summed E-state index contributed by atoms with van der Waals surface area (Å²) in [6.45, 7) is 7.93. The molecule has 1 spiro atoms. The van der Waals surface area contributed by atoms with Gasteiger partial charge in [-0.1, -0.05) is 51.1 Å². The van der Waals surface area contributed by atoms with Gasteiger partial charge in [-0.05, 0) is 79.3 Å². The molecule has 3 N–H and O–H groups in total. The van der Waals surface area contributed by atoms with Gasteiger partial charge in [-0.3, -0.25) is 14.4 Å². The van der Waals surface area contributed by atoms with Crippen LogP contribution in [0.25, 0.3) is 10.8 Å². The maximum Gasteiger partial charge on any atom is 0.250 e. The van der Waals surface area contributed by atoms with E-state index in [4.69, 9.17) is 9.47 Å². The van der Waals surface area contributed by atoms with Crippen molar-refractivity contribution < 1.29 is 29.0 Å². The Labute approximate surface area is 257 Å². The van der Waals surface area contributed by atoms with Gasteiger partial charge in [0.1, 0.15) is 17.4 Å². The zero-order valence-electron chi connectivity index (χ0n) is 25.7. The summed E-state index contributed by atoms with van der Waals surface area (Å²) in [5.74, 6) is -2.11. The van der Waals surface area contributed by atoms with Gasteiger partial charge in [0, 0.05) is 11.4 Å². The molecule has 3 fully saturated rings. The van der Waals surface area contributed by atoms with Crippen molar-refractivity contribution in [3.05, 3.63) is 66.7 Å². The molecule has 3 aromatic rings. The highest BCUT2D eigenvalue weighted by Gasteiger charge is 2.79. The van der Waals surface area contributed by atoms with Crippen LogP contribution in [-0.4, -0.2) is 64.2 Å². The molecule has 2 bridgehead atoms. The van der Waals surface area contributed by atoms with Crippen molar-refractivity contribution in [2.75, 3.05) is 23.8 Å². The zero-order chi connectivity index (χ0) is 31.2. The van der Waals surface area contributed by atoms with Gasteiger partial charge in [-0.25, -0.2) is 0 Å². The fourth-order valence-corrected chi connectivity index (χ4v) is 7.83. The molecular formula is C35H41N3O6. The predicted octanol–water partition coefficient (Wildman–Crippen LogP) is 4.99. The number of aliphatic hydroxyl groups is 1. The Hall–Kier alpha value is -3.95. The van der Waals surface area contributed by atoms with E-state index in [0.29, 0.717) is 43.0 Å². The highest BCUT2D eigenvalue weighted by atomic mass is 16.5. The van der Waals surface area contributed by atoms with Crippen LogP contribution in [0.4, 0.5) is 11.4 Å². The molecule has 44 heavy (non-hydrogen) atoms. The van der Waals surface area contributed by atoms with E-state index in [1.165, 1.54) is 4.90 Å². The van der Waals surface area contributed by atoms with E-state index >= 15 is 0 Å². The first-order valence-corrected chi connectivity index (χ1v) is 15.6. The lowest BCUT2D eigenvalue weighted by Crippen LogP contribution is -2.57. The molecule has 0 radical (unpaired) electrons. The Kier molecular flexibility index (Phi) is 7.88. The first kappa shape index (κ1) is 30.1. The molecule has 3 heterocycles. The number of ether oxygens (including phenoxy) is 2. The van der Waals surface area contributed by atoms with E-state index in [2.05, 4.69) is 10.6 Å². The molecule has 3 saturated heterocycles. The summed E-state index contributed by atoms with van der Waals surface area (Å²) in [4.78, 5) is 44.5. The standard InChI is InChI=1S/C35H41N3O6/c1-5-34-17-18-35(44-34)29(28(34)31(40)36-24-13-15-26(16-14-24)43-6-2)33(42)38(27(20-39)21(3)4)30(35)32(41)37-25-12-11-22-9-7-8-10-23(22)19-25/h7-16,19,21,27-30,39H,5-6,17-18,20H2,1-4H3,(H,36,40)(H,37,41)/t27-,28+,29-,30?,34-,35?/m0/s1. The first-order valence-electron chi connectivity index (χ1n) is 15.6. The Bertz CT molecular complexity index is 1570. The van der Waals surface area contributed by atoms with Gasteiger partial charge < -0.3 is 30.1 Å². The number of hydrogen-bond acceptors (Lipinski definition) is 6. The topological polar surface area (TPSA) is 117 Å². The number of nitrogens with zero attached hydrogens (tertiary/aromatic N) is 1. The summed E-state index contributed by atoms with van der Waals surface area (Å²) in [6, 6.07) is 19.1. The van der Waals surface area contributed by atoms with Crippen molar-refractivity contribution in [1.82, 2.24) is 4.90 Å². The second-order valence-corrected chi connectivity index (χ2v) is 12.6. The van der Waals surface area contributed by atoms with Gasteiger partial charge in [0.25, 0.3) is 0 Å². The molecule has 9 nitrogen and oxygen atoms in total. The number of nitrogens with one attached hydrogen (secondary N) is 2. The molecule has 232 valence electrons. The Balaban J connectivity index is 1.37. The summed E-state index contributed by atoms with van der Waals surface area (Å²) in [7, 11) is 0. The van der Waals surface area contributed by atoms with E-state index < -0.39 is 35.1 Å².